The Morgan fingerprint density at radius 3 is 2.67 bits per heavy atom. The van der Waals surface area contributed by atoms with Gasteiger partial charge in [-0.2, -0.15) is 11.3 Å². The lowest BCUT2D eigenvalue weighted by atomic mass is 9.98. The molecule has 0 saturated carbocycles. The number of ether oxygens (including phenoxy) is 1. The second kappa shape index (κ2) is 6.00. The molecular formula is C14H18N2OS. The van der Waals surface area contributed by atoms with E-state index < -0.39 is 0 Å². The van der Waals surface area contributed by atoms with Gasteiger partial charge in [0.05, 0.1) is 12.6 Å². The molecule has 0 bridgehead atoms. The first-order chi connectivity index (χ1) is 8.77. The van der Waals surface area contributed by atoms with E-state index in [-0.39, 0.29) is 6.04 Å². The lowest BCUT2D eigenvalue weighted by Gasteiger charge is -2.19. The van der Waals surface area contributed by atoms with E-state index >= 15 is 0 Å². The van der Waals surface area contributed by atoms with E-state index in [2.05, 4.69) is 23.1 Å². The molecule has 3 N–H and O–H groups in total. The molecule has 0 fully saturated rings. The highest BCUT2D eigenvalue weighted by atomic mass is 32.1. The summed E-state index contributed by atoms with van der Waals surface area (Å²) < 4.78 is 5.67. The van der Waals surface area contributed by atoms with Gasteiger partial charge in [-0.25, -0.2) is 5.43 Å². The van der Waals surface area contributed by atoms with Crippen molar-refractivity contribution in [3.8, 4) is 5.75 Å². The van der Waals surface area contributed by atoms with Crippen molar-refractivity contribution in [2.24, 2.45) is 5.84 Å². The summed E-state index contributed by atoms with van der Waals surface area (Å²) in [6.45, 7) is 4.73. The fourth-order valence-electron chi connectivity index (χ4n) is 2.02. The Kier molecular flexibility index (Phi) is 4.36. The van der Waals surface area contributed by atoms with Crippen molar-refractivity contribution in [1.29, 1.82) is 0 Å². The Balaban J connectivity index is 2.42. The minimum atomic E-state index is -0.0287. The molecule has 1 aromatic carbocycles. The molecule has 2 aromatic rings. The normalized spacial score (nSPS) is 12.4. The minimum absolute atomic E-state index is 0.0287. The molecule has 0 radical (unpaired) electrons. The minimum Gasteiger partial charge on any atom is -0.494 e. The second-order valence-electron chi connectivity index (χ2n) is 4.08. The standard InChI is InChI=1S/C14H18N2OS/c1-3-17-13-7-5-4-6-11(13)14(16-15)12-9-18-8-10(12)2/h4-9,14,16H,3,15H2,1-2H3. The smallest absolute Gasteiger partial charge is 0.124 e. The van der Waals surface area contributed by atoms with E-state index in [1.54, 1.807) is 11.3 Å². The van der Waals surface area contributed by atoms with Crippen molar-refractivity contribution in [3.63, 3.8) is 0 Å². The zero-order valence-electron chi connectivity index (χ0n) is 10.6. The van der Waals surface area contributed by atoms with Crippen LogP contribution in [-0.4, -0.2) is 6.61 Å². The first-order valence-corrected chi connectivity index (χ1v) is 6.92. The number of nitrogens with one attached hydrogen (secondary N) is 1. The molecule has 0 saturated heterocycles. The summed E-state index contributed by atoms with van der Waals surface area (Å²) in [5.41, 5.74) is 6.41. The number of thiophene rings is 1. The van der Waals surface area contributed by atoms with E-state index in [0.717, 1.165) is 11.3 Å². The Bertz CT molecular complexity index is 510. The van der Waals surface area contributed by atoms with Gasteiger partial charge >= 0.3 is 0 Å². The summed E-state index contributed by atoms with van der Waals surface area (Å²) in [4.78, 5) is 0. The molecule has 1 heterocycles. The van der Waals surface area contributed by atoms with Gasteiger partial charge in [0, 0.05) is 5.56 Å². The van der Waals surface area contributed by atoms with Gasteiger partial charge in [0.2, 0.25) is 0 Å². The molecule has 0 amide bonds. The number of hydrazine groups is 1. The van der Waals surface area contributed by atoms with Crippen LogP contribution in [0, 0.1) is 6.92 Å². The van der Waals surface area contributed by atoms with Crippen LogP contribution in [0.5, 0.6) is 5.75 Å². The molecular weight excluding hydrogens is 244 g/mol. The van der Waals surface area contributed by atoms with E-state index in [9.17, 15) is 0 Å². The van der Waals surface area contributed by atoms with Crippen LogP contribution in [-0.2, 0) is 0 Å². The summed E-state index contributed by atoms with van der Waals surface area (Å²) in [5.74, 6) is 6.61. The second-order valence-corrected chi connectivity index (χ2v) is 4.82. The largest absolute Gasteiger partial charge is 0.494 e. The highest BCUT2D eigenvalue weighted by molar-refractivity contribution is 7.08. The third kappa shape index (κ3) is 2.56. The lowest BCUT2D eigenvalue weighted by molar-refractivity contribution is 0.333. The number of para-hydroxylation sites is 1. The molecule has 0 aliphatic heterocycles. The summed E-state index contributed by atoms with van der Waals surface area (Å²) in [7, 11) is 0. The van der Waals surface area contributed by atoms with Gasteiger partial charge in [0.1, 0.15) is 5.75 Å². The molecule has 0 spiro atoms. The van der Waals surface area contributed by atoms with Crippen LogP contribution in [0.15, 0.2) is 35.0 Å². The summed E-state index contributed by atoms with van der Waals surface area (Å²) in [6, 6.07) is 7.98. The first-order valence-electron chi connectivity index (χ1n) is 5.98. The third-order valence-corrected chi connectivity index (χ3v) is 3.78. The lowest BCUT2D eigenvalue weighted by Crippen LogP contribution is -2.29. The van der Waals surface area contributed by atoms with Crippen molar-refractivity contribution in [2.75, 3.05) is 6.61 Å². The molecule has 1 atom stereocenters. The molecule has 1 aromatic heterocycles. The third-order valence-electron chi connectivity index (χ3n) is 2.90. The van der Waals surface area contributed by atoms with Crippen LogP contribution < -0.4 is 16.0 Å². The molecule has 96 valence electrons. The van der Waals surface area contributed by atoms with E-state index in [4.69, 9.17) is 10.6 Å². The molecule has 3 nitrogen and oxygen atoms in total. The average Bonchev–Trinajstić information content (AvgIpc) is 2.79. The van der Waals surface area contributed by atoms with Crippen LogP contribution in [0.1, 0.15) is 29.7 Å². The predicted molar refractivity (Wildman–Crippen MR) is 75.8 cm³/mol. The summed E-state index contributed by atoms with van der Waals surface area (Å²) >= 11 is 1.69. The maximum atomic E-state index is 5.73. The topological polar surface area (TPSA) is 47.3 Å². The van der Waals surface area contributed by atoms with Crippen LogP contribution in [0.2, 0.25) is 0 Å². The van der Waals surface area contributed by atoms with E-state index in [0.29, 0.717) is 6.61 Å². The van der Waals surface area contributed by atoms with Crippen LogP contribution in [0.3, 0.4) is 0 Å². The van der Waals surface area contributed by atoms with E-state index in [1.807, 2.05) is 31.2 Å². The van der Waals surface area contributed by atoms with Crippen LogP contribution in [0.25, 0.3) is 0 Å². The van der Waals surface area contributed by atoms with Crippen LogP contribution in [0.4, 0.5) is 0 Å². The summed E-state index contributed by atoms with van der Waals surface area (Å²) in [6.07, 6.45) is 0. The molecule has 1 unspecified atom stereocenters. The predicted octanol–water partition coefficient (Wildman–Crippen LogP) is 3.01. The monoisotopic (exact) mass is 262 g/mol. The number of hydrogen-bond donors (Lipinski definition) is 2. The number of nitrogens with two attached hydrogens (primary N) is 1. The van der Waals surface area contributed by atoms with Gasteiger partial charge in [0.25, 0.3) is 0 Å². The maximum Gasteiger partial charge on any atom is 0.124 e. The number of aryl methyl sites for hydroxylation is 1. The van der Waals surface area contributed by atoms with Crippen molar-refractivity contribution in [2.45, 2.75) is 19.9 Å². The molecule has 0 aliphatic carbocycles. The van der Waals surface area contributed by atoms with Crippen molar-refractivity contribution < 1.29 is 4.74 Å². The Morgan fingerprint density at radius 1 is 1.28 bits per heavy atom. The van der Waals surface area contributed by atoms with Crippen molar-refractivity contribution in [1.82, 2.24) is 5.43 Å². The first kappa shape index (κ1) is 13.1. The van der Waals surface area contributed by atoms with Crippen molar-refractivity contribution >= 4 is 11.3 Å². The molecule has 0 aliphatic rings. The zero-order chi connectivity index (χ0) is 13.0. The molecule has 18 heavy (non-hydrogen) atoms. The highest BCUT2D eigenvalue weighted by Crippen LogP contribution is 2.32. The van der Waals surface area contributed by atoms with E-state index in [1.165, 1.54) is 11.1 Å². The average molecular weight is 262 g/mol. The fourth-order valence-corrected chi connectivity index (χ4v) is 2.90. The Morgan fingerprint density at radius 2 is 2.06 bits per heavy atom. The van der Waals surface area contributed by atoms with Gasteiger partial charge in [0.15, 0.2) is 0 Å². The van der Waals surface area contributed by atoms with Gasteiger partial charge in [-0.3, -0.25) is 5.84 Å². The Labute approximate surface area is 112 Å². The molecule has 2 rings (SSSR count). The SMILES string of the molecule is CCOc1ccccc1C(NN)c1cscc1C. The van der Waals surface area contributed by atoms with Crippen LogP contribution >= 0.6 is 11.3 Å². The summed E-state index contributed by atoms with van der Waals surface area (Å²) in [5, 5.41) is 4.26. The highest BCUT2D eigenvalue weighted by Gasteiger charge is 2.18. The Hall–Kier alpha value is -1.36. The fraction of sp³-hybridized carbons (Fsp3) is 0.286. The van der Waals surface area contributed by atoms with Gasteiger partial charge in [-0.1, -0.05) is 18.2 Å². The van der Waals surface area contributed by atoms with Gasteiger partial charge in [-0.05, 0) is 41.8 Å². The van der Waals surface area contributed by atoms with Gasteiger partial charge in [-0.15, -0.1) is 0 Å². The number of benzene rings is 1. The maximum absolute atomic E-state index is 5.73. The quantitative estimate of drug-likeness (QED) is 0.643. The van der Waals surface area contributed by atoms with Crippen molar-refractivity contribution in [3.05, 3.63) is 51.7 Å². The molecule has 4 heteroatoms. The number of hydrogen-bond acceptors (Lipinski definition) is 4. The number of rotatable bonds is 5. The van der Waals surface area contributed by atoms with Gasteiger partial charge < -0.3 is 4.74 Å². The zero-order valence-corrected chi connectivity index (χ0v) is 11.5.